The molecule has 0 radical (unpaired) electrons. The van der Waals surface area contributed by atoms with E-state index < -0.39 is 0 Å². The minimum absolute atomic E-state index is 0.141. The van der Waals surface area contributed by atoms with E-state index >= 15 is 0 Å². The van der Waals surface area contributed by atoms with Gasteiger partial charge >= 0.3 is 0 Å². The zero-order valence-corrected chi connectivity index (χ0v) is 8.20. The summed E-state index contributed by atoms with van der Waals surface area (Å²) in [5, 5.41) is 0. The minimum Gasteiger partial charge on any atom is -0.451 e. The molecule has 2 heteroatoms. The number of benzene rings is 1. The van der Waals surface area contributed by atoms with E-state index in [4.69, 9.17) is 9.47 Å². The first kappa shape index (κ1) is 8.42. The van der Waals surface area contributed by atoms with Crippen LogP contribution in [0.2, 0.25) is 0 Å². The van der Waals surface area contributed by atoms with Gasteiger partial charge in [0.1, 0.15) is 0 Å². The third kappa shape index (κ3) is 1.48. The lowest BCUT2D eigenvalue weighted by Gasteiger charge is -2.05. The summed E-state index contributed by atoms with van der Waals surface area (Å²) in [6.07, 6.45) is -0.141. The normalized spacial score (nSPS) is 19.5. The molecule has 0 saturated carbocycles. The smallest absolute Gasteiger partial charge is 0.238 e. The van der Waals surface area contributed by atoms with Gasteiger partial charge < -0.3 is 9.47 Å². The maximum atomic E-state index is 5.48. The van der Waals surface area contributed by atoms with Crippen molar-refractivity contribution in [3.63, 3.8) is 0 Å². The molecule has 13 heavy (non-hydrogen) atoms. The van der Waals surface area contributed by atoms with Gasteiger partial charge in [-0.2, -0.15) is 0 Å². The molecule has 1 aromatic carbocycles. The van der Waals surface area contributed by atoms with Crippen molar-refractivity contribution in [1.29, 1.82) is 0 Å². The number of fused-ring (bicyclic) bond motifs is 1. The maximum Gasteiger partial charge on any atom is 0.238 e. The third-order valence-corrected chi connectivity index (χ3v) is 2.22. The van der Waals surface area contributed by atoms with Gasteiger partial charge in [-0.05, 0) is 23.6 Å². The van der Waals surface area contributed by atoms with Crippen LogP contribution >= 0.6 is 0 Å². The van der Waals surface area contributed by atoms with Crippen LogP contribution in [0.25, 0.3) is 0 Å². The van der Waals surface area contributed by atoms with Crippen LogP contribution in [-0.2, 0) is 0 Å². The van der Waals surface area contributed by atoms with Crippen molar-refractivity contribution < 1.29 is 9.47 Å². The average Bonchev–Trinajstić information content (AvgIpc) is 2.42. The molecule has 0 fully saturated rings. The summed E-state index contributed by atoms with van der Waals surface area (Å²) in [5.74, 6) is 2.26. The molecule has 0 aromatic heterocycles. The Bertz CT molecular complexity index is 318. The molecule has 1 aliphatic rings. The van der Waals surface area contributed by atoms with Gasteiger partial charge in [0.15, 0.2) is 11.5 Å². The van der Waals surface area contributed by atoms with Gasteiger partial charge in [-0.15, -0.1) is 0 Å². The van der Waals surface area contributed by atoms with E-state index in [1.165, 1.54) is 5.56 Å². The Morgan fingerprint density at radius 3 is 2.54 bits per heavy atom. The topological polar surface area (TPSA) is 18.5 Å². The summed E-state index contributed by atoms with van der Waals surface area (Å²) in [7, 11) is 0. The number of hydrogen-bond donors (Lipinski definition) is 0. The van der Waals surface area contributed by atoms with Gasteiger partial charge in [0.2, 0.25) is 6.29 Å². The molecule has 1 aromatic rings. The van der Waals surface area contributed by atoms with Crippen LogP contribution in [0.15, 0.2) is 18.2 Å². The quantitative estimate of drug-likeness (QED) is 0.658. The molecule has 2 nitrogen and oxygen atoms in total. The van der Waals surface area contributed by atoms with Crippen molar-refractivity contribution in [3.05, 3.63) is 23.8 Å². The van der Waals surface area contributed by atoms with Gasteiger partial charge in [0, 0.05) is 6.92 Å². The lowest BCUT2D eigenvalue weighted by Crippen LogP contribution is -2.11. The highest BCUT2D eigenvalue weighted by atomic mass is 16.7. The van der Waals surface area contributed by atoms with Crippen LogP contribution in [0.4, 0.5) is 0 Å². The second-order valence-corrected chi connectivity index (χ2v) is 3.66. The lowest BCUT2D eigenvalue weighted by atomic mass is 10.0. The Balaban J connectivity index is 2.35. The predicted octanol–water partition coefficient (Wildman–Crippen LogP) is 2.93. The Hall–Kier alpha value is -1.18. The van der Waals surface area contributed by atoms with Crippen molar-refractivity contribution in [2.75, 3.05) is 0 Å². The average molecular weight is 178 g/mol. The number of ether oxygens (including phenoxy) is 2. The van der Waals surface area contributed by atoms with E-state index in [1.807, 2.05) is 13.0 Å². The maximum absolute atomic E-state index is 5.48. The molecular formula is C11H14O2. The molecule has 0 saturated heterocycles. The van der Waals surface area contributed by atoms with Crippen LogP contribution in [0.3, 0.4) is 0 Å². The summed E-state index contributed by atoms with van der Waals surface area (Å²) in [6, 6.07) is 6.13. The second kappa shape index (κ2) is 2.95. The van der Waals surface area contributed by atoms with Crippen LogP contribution in [0, 0.1) is 0 Å². The van der Waals surface area contributed by atoms with E-state index in [0.29, 0.717) is 5.92 Å². The fraction of sp³-hybridized carbons (Fsp3) is 0.455. The van der Waals surface area contributed by atoms with Crippen molar-refractivity contribution in [1.82, 2.24) is 0 Å². The van der Waals surface area contributed by atoms with E-state index in [1.54, 1.807) is 0 Å². The van der Waals surface area contributed by atoms with Crippen molar-refractivity contribution >= 4 is 0 Å². The molecule has 1 heterocycles. The molecule has 0 spiro atoms. The second-order valence-electron chi connectivity index (χ2n) is 3.66. The Labute approximate surface area is 78.5 Å². The molecule has 1 aliphatic heterocycles. The zero-order chi connectivity index (χ0) is 9.42. The van der Waals surface area contributed by atoms with Crippen molar-refractivity contribution in [2.24, 2.45) is 0 Å². The molecule has 2 rings (SSSR count). The summed E-state index contributed by atoms with van der Waals surface area (Å²) < 4.78 is 10.9. The molecule has 0 aliphatic carbocycles. The van der Waals surface area contributed by atoms with Gasteiger partial charge in [0.25, 0.3) is 0 Å². The molecule has 1 atom stereocenters. The van der Waals surface area contributed by atoms with Gasteiger partial charge in [-0.1, -0.05) is 19.9 Å². The Morgan fingerprint density at radius 2 is 1.85 bits per heavy atom. The fourth-order valence-electron chi connectivity index (χ4n) is 1.45. The van der Waals surface area contributed by atoms with Crippen molar-refractivity contribution in [2.45, 2.75) is 33.0 Å². The van der Waals surface area contributed by atoms with E-state index in [-0.39, 0.29) is 6.29 Å². The summed E-state index contributed by atoms with van der Waals surface area (Å²) in [5.41, 5.74) is 1.29. The predicted molar refractivity (Wildman–Crippen MR) is 51.2 cm³/mol. The first-order valence-electron chi connectivity index (χ1n) is 4.64. The van der Waals surface area contributed by atoms with Gasteiger partial charge in [0.05, 0.1) is 0 Å². The highest BCUT2D eigenvalue weighted by Gasteiger charge is 2.20. The van der Waals surface area contributed by atoms with Crippen molar-refractivity contribution in [3.8, 4) is 11.5 Å². The van der Waals surface area contributed by atoms with E-state index in [0.717, 1.165) is 11.5 Å². The number of hydrogen-bond acceptors (Lipinski definition) is 2. The molecule has 0 N–H and O–H groups in total. The highest BCUT2D eigenvalue weighted by Crippen LogP contribution is 2.36. The highest BCUT2D eigenvalue weighted by molar-refractivity contribution is 5.45. The van der Waals surface area contributed by atoms with Crippen LogP contribution in [0.5, 0.6) is 11.5 Å². The van der Waals surface area contributed by atoms with Crippen LogP contribution in [0.1, 0.15) is 32.3 Å². The first-order chi connectivity index (χ1) is 6.16. The summed E-state index contributed by atoms with van der Waals surface area (Å²) in [6.45, 7) is 6.23. The minimum atomic E-state index is -0.141. The molecule has 0 bridgehead atoms. The summed E-state index contributed by atoms with van der Waals surface area (Å²) in [4.78, 5) is 0. The Kier molecular flexibility index (Phi) is 1.91. The molecule has 70 valence electrons. The fourth-order valence-corrected chi connectivity index (χ4v) is 1.45. The van der Waals surface area contributed by atoms with Crippen LogP contribution < -0.4 is 9.47 Å². The largest absolute Gasteiger partial charge is 0.451 e. The molecule has 1 unspecified atom stereocenters. The number of rotatable bonds is 1. The summed E-state index contributed by atoms with van der Waals surface area (Å²) >= 11 is 0. The zero-order valence-electron chi connectivity index (χ0n) is 8.20. The van der Waals surface area contributed by atoms with Gasteiger partial charge in [-0.3, -0.25) is 0 Å². The first-order valence-corrected chi connectivity index (χ1v) is 4.64. The van der Waals surface area contributed by atoms with Gasteiger partial charge in [-0.25, -0.2) is 0 Å². The SMILES string of the molecule is CC1Oc2ccc(C(C)C)cc2O1. The van der Waals surface area contributed by atoms with E-state index in [2.05, 4.69) is 26.0 Å². The monoisotopic (exact) mass is 178 g/mol. The Morgan fingerprint density at radius 1 is 1.15 bits per heavy atom. The van der Waals surface area contributed by atoms with E-state index in [9.17, 15) is 0 Å². The standard InChI is InChI=1S/C11H14O2/c1-7(2)9-4-5-10-11(6-9)13-8(3)12-10/h4-8H,1-3H3. The lowest BCUT2D eigenvalue weighted by molar-refractivity contribution is 0.0678. The molecular weight excluding hydrogens is 164 g/mol. The van der Waals surface area contributed by atoms with Crippen LogP contribution in [-0.4, -0.2) is 6.29 Å². The third-order valence-electron chi connectivity index (χ3n) is 2.22. The molecule has 0 amide bonds.